The highest BCUT2D eigenvalue weighted by Crippen LogP contribution is 2.25. The van der Waals surface area contributed by atoms with Crippen LogP contribution in [0, 0.1) is 20.8 Å². The average Bonchev–Trinajstić information content (AvgIpc) is 2.60. The molecule has 0 saturated heterocycles. The van der Waals surface area contributed by atoms with Gasteiger partial charge in [0.1, 0.15) is 0 Å². The van der Waals surface area contributed by atoms with Crippen molar-refractivity contribution in [2.45, 2.75) is 20.8 Å². The number of anilines is 4. The Balaban J connectivity index is 1.72. The Kier molecular flexibility index (Phi) is 4.79. The van der Waals surface area contributed by atoms with Crippen molar-refractivity contribution in [2.75, 3.05) is 17.7 Å². The molecular formula is C19H21N5O. The second kappa shape index (κ2) is 7.17. The molecule has 0 spiro atoms. The first-order valence-electron chi connectivity index (χ1n) is 7.99. The first-order valence-corrected chi connectivity index (χ1v) is 7.99. The van der Waals surface area contributed by atoms with Crippen LogP contribution in [-0.4, -0.2) is 22.1 Å². The van der Waals surface area contributed by atoms with E-state index in [2.05, 4.69) is 58.5 Å². The van der Waals surface area contributed by atoms with E-state index in [9.17, 15) is 0 Å². The molecule has 6 nitrogen and oxygen atoms in total. The Morgan fingerprint density at radius 1 is 0.800 bits per heavy atom. The summed E-state index contributed by atoms with van der Waals surface area (Å²) in [6.45, 7) is 6.28. The van der Waals surface area contributed by atoms with Gasteiger partial charge in [-0.25, -0.2) is 15.0 Å². The van der Waals surface area contributed by atoms with Crippen LogP contribution in [0.15, 0.2) is 42.9 Å². The van der Waals surface area contributed by atoms with E-state index in [4.69, 9.17) is 4.74 Å². The van der Waals surface area contributed by atoms with Crippen LogP contribution in [0.3, 0.4) is 0 Å². The van der Waals surface area contributed by atoms with E-state index in [-0.39, 0.29) is 0 Å². The summed E-state index contributed by atoms with van der Waals surface area (Å²) in [7, 11) is 1.59. The lowest BCUT2D eigenvalue weighted by atomic mass is 10.1. The first-order chi connectivity index (χ1) is 12.0. The summed E-state index contributed by atoms with van der Waals surface area (Å²) >= 11 is 0. The third-order valence-electron chi connectivity index (χ3n) is 3.80. The van der Waals surface area contributed by atoms with Gasteiger partial charge in [-0.05, 0) is 38.0 Å². The number of nitrogens with one attached hydrogen (secondary N) is 2. The summed E-state index contributed by atoms with van der Waals surface area (Å²) < 4.78 is 5.04. The van der Waals surface area contributed by atoms with Crippen molar-refractivity contribution in [3.05, 3.63) is 59.5 Å². The summed E-state index contributed by atoms with van der Waals surface area (Å²) in [5, 5.41) is 6.50. The van der Waals surface area contributed by atoms with Gasteiger partial charge in [0.05, 0.1) is 37.1 Å². The van der Waals surface area contributed by atoms with Gasteiger partial charge in [0.25, 0.3) is 0 Å². The zero-order valence-electron chi connectivity index (χ0n) is 14.8. The monoisotopic (exact) mass is 335 g/mol. The summed E-state index contributed by atoms with van der Waals surface area (Å²) in [5.74, 6) is 1.07. The van der Waals surface area contributed by atoms with E-state index in [1.807, 2.05) is 6.07 Å². The molecule has 1 aromatic carbocycles. The molecule has 25 heavy (non-hydrogen) atoms. The zero-order valence-corrected chi connectivity index (χ0v) is 14.8. The van der Waals surface area contributed by atoms with Gasteiger partial charge in [0.2, 0.25) is 11.8 Å². The predicted octanol–water partition coefficient (Wildman–Crippen LogP) is 4.29. The van der Waals surface area contributed by atoms with Crippen molar-refractivity contribution in [1.82, 2.24) is 15.0 Å². The number of aryl methyl sites for hydroxylation is 3. The van der Waals surface area contributed by atoms with Crippen LogP contribution < -0.4 is 15.4 Å². The van der Waals surface area contributed by atoms with Gasteiger partial charge in [-0.15, -0.1) is 0 Å². The van der Waals surface area contributed by atoms with Crippen LogP contribution in [0.4, 0.5) is 23.0 Å². The third kappa shape index (κ3) is 4.03. The van der Waals surface area contributed by atoms with Crippen LogP contribution >= 0.6 is 0 Å². The van der Waals surface area contributed by atoms with E-state index in [1.165, 1.54) is 16.7 Å². The molecule has 0 aliphatic heterocycles. The Hall–Kier alpha value is -3.15. The zero-order chi connectivity index (χ0) is 17.8. The lowest BCUT2D eigenvalue weighted by Crippen LogP contribution is -2.01. The van der Waals surface area contributed by atoms with Crippen LogP contribution in [0.5, 0.6) is 5.88 Å². The second-order valence-corrected chi connectivity index (χ2v) is 5.91. The van der Waals surface area contributed by atoms with Gasteiger partial charge >= 0.3 is 0 Å². The van der Waals surface area contributed by atoms with Crippen molar-refractivity contribution in [1.29, 1.82) is 0 Å². The minimum Gasteiger partial charge on any atom is -0.481 e. The molecule has 0 aliphatic carbocycles. The number of benzene rings is 1. The fraction of sp³-hybridized carbons (Fsp3) is 0.211. The van der Waals surface area contributed by atoms with E-state index < -0.39 is 0 Å². The molecule has 0 saturated carbocycles. The van der Waals surface area contributed by atoms with Crippen LogP contribution in [0.25, 0.3) is 0 Å². The fourth-order valence-corrected chi connectivity index (χ4v) is 2.68. The SMILES string of the molecule is COc1ccc(Nc2ncc(Nc3c(C)cc(C)cc3C)cn2)cn1. The topological polar surface area (TPSA) is 72.0 Å². The van der Waals surface area contributed by atoms with Crippen molar-refractivity contribution in [3.8, 4) is 5.88 Å². The summed E-state index contributed by atoms with van der Waals surface area (Å²) in [6.07, 6.45) is 5.18. The number of pyridine rings is 1. The molecule has 3 rings (SSSR count). The van der Waals surface area contributed by atoms with Crippen LogP contribution in [0.2, 0.25) is 0 Å². The van der Waals surface area contributed by atoms with Gasteiger partial charge in [0.15, 0.2) is 0 Å². The Morgan fingerprint density at radius 2 is 1.44 bits per heavy atom. The molecule has 2 heterocycles. The number of hydrogen-bond donors (Lipinski definition) is 2. The molecule has 0 aliphatic rings. The molecule has 0 amide bonds. The maximum absolute atomic E-state index is 5.04. The van der Waals surface area contributed by atoms with Crippen molar-refractivity contribution in [3.63, 3.8) is 0 Å². The molecule has 128 valence electrons. The highest BCUT2D eigenvalue weighted by molar-refractivity contribution is 5.66. The predicted molar refractivity (Wildman–Crippen MR) is 100 cm³/mol. The number of methoxy groups -OCH3 is 1. The number of rotatable bonds is 5. The molecule has 3 aromatic rings. The minimum atomic E-state index is 0.509. The Labute approximate surface area is 147 Å². The fourth-order valence-electron chi connectivity index (χ4n) is 2.68. The largest absolute Gasteiger partial charge is 0.481 e. The smallest absolute Gasteiger partial charge is 0.227 e. The van der Waals surface area contributed by atoms with Crippen molar-refractivity contribution >= 4 is 23.0 Å². The molecule has 0 unspecified atom stereocenters. The minimum absolute atomic E-state index is 0.509. The van der Waals surface area contributed by atoms with Gasteiger partial charge in [0, 0.05) is 11.8 Å². The summed E-state index contributed by atoms with van der Waals surface area (Å²) in [6, 6.07) is 7.95. The van der Waals surface area contributed by atoms with Crippen molar-refractivity contribution in [2.24, 2.45) is 0 Å². The Morgan fingerprint density at radius 3 is 2.00 bits per heavy atom. The van der Waals surface area contributed by atoms with Gasteiger partial charge in [-0.2, -0.15) is 0 Å². The molecular weight excluding hydrogens is 314 g/mol. The molecule has 0 bridgehead atoms. The molecule has 2 aromatic heterocycles. The van der Waals surface area contributed by atoms with E-state index in [1.54, 1.807) is 31.8 Å². The van der Waals surface area contributed by atoms with E-state index >= 15 is 0 Å². The molecule has 0 fully saturated rings. The molecule has 0 radical (unpaired) electrons. The molecule has 6 heteroatoms. The number of hydrogen-bond acceptors (Lipinski definition) is 6. The quantitative estimate of drug-likeness (QED) is 0.724. The normalized spacial score (nSPS) is 10.4. The second-order valence-electron chi connectivity index (χ2n) is 5.91. The highest BCUT2D eigenvalue weighted by Gasteiger charge is 2.05. The maximum atomic E-state index is 5.04. The molecule has 0 atom stereocenters. The van der Waals surface area contributed by atoms with Crippen LogP contribution in [0.1, 0.15) is 16.7 Å². The number of aromatic nitrogens is 3. The lowest BCUT2D eigenvalue weighted by molar-refractivity contribution is 0.398. The number of nitrogens with zero attached hydrogens (tertiary/aromatic N) is 3. The van der Waals surface area contributed by atoms with E-state index in [0.29, 0.717) is 11.8 Å². The summed E-state index contributed by atoms with van der Waals surface area (Å²) in [4.78, 5) is 12.8. The standard InChI is InChI=1S/C19H21N5O/c1-12-7-13(2)18(14(3)8-12)23-16-10-21-19(22-11-16)24-15-5-6-17(25-4)20-9-15/h5-11,23H,1-4H3,(H,21,22,24). The maximum Gasteiger partial charge on any atom is 0.227 e. The lowest BCUT2D eigenvalue weighted by Gasteiger charge is -2.13. The van der Waals surface area contributed by atoms with Gasteiger partial charge in [-0.3, -0.25) is 0 Å². The third-order valence-corrected chi connectivity index (χ3v) is 3.80. The van der Waals surface area contributed by atoms with E-state index in [0.717, 1.165) is 17.1 Å². The average molecular weight is 335 g/mol. The van der Waals surface area contributed by atoms with Crippen LogP contribution in [-0.2, 0) is 0 Å². The van der Waals surface area contributed by atoms with Gasteiger partial charge in [-0.1, -0.05) is 17.7 Å². The summed E-state index contributed by atoms with van der Waals surface area (Å²) in [5.41, 5.74) is 6.38. The first kappa shape index (κ1) is 16.7. The Bertz CT molecular complexity index is 837. The van der Waals surface area contributed by atoms with Gasteiger partial charge < -0.3 is 15.4 Å². The van der Waals surface area contributed by atoms with Crippen molar-refractivity contribution < 1.29 is 4.74 Å². The molecule has 2 N–H and O–H groups in total. The number of ether oxygens (including phenoxy) is 1. The highest BCUT2D eigenvalue weighted by atomic mass is 16.5.